The first kappa shape index (κ1) is 18.3. The van der Waals surface area contributed by atoms with Gasteiger partial charge in [0, 0.05) is 35.2 Å². The number of hydrogen-bond donors (Lipinski definition) is 2. The zero-order valence-electron chi connectivity index (χ0n) is 16.3. The molecule has 0 atom stereocenters. The summed E-state index contributed by atoms with van der Waals surface area (Å²) in [6.45, 7) is 5.63. The molecule has 0 bridgehead atoms. The van der Waals surface area contributed by atoms with Crippen molar-refractivity contribution in [1.29, 1.82) is 0 Å². The molecule has 0 saturated carbocycles. The second kappa shape index (κ2) is 7.50. The molecule has 2 aromatic carbocycles. The Morgan fingerprint density at radius 1 is 1.00 bits per heavy atom. The van der Waals surface area contributed by atoms with Crippen molar-refractivity contribution in [1.82, 2.24) is 9.88 Å². The zero-order valence-corrected chi connectivity index (χ0v) is 16.3. The Kier molecular flexibility index (Phi) is 4.90. The van der Waals surface area contributed by atoms with Crippen molar-refractivity contribution in [3.63, 3.8) is 0 Å². The molecule has 1 aliphatic rings. The summed E-state index contributed by atoms with van der Waals surface area (Å²) < 4.78 is 0. The van der Waals surface area contributed by atoms with Crippen molar-refractivity contribution in [2.45, 2.75) is 33.1 Å². The summed E-state index contributed by atoms with van der Waals surface area (Å²) in [7, 11) is 0. The fraction of sp³-hybridized carbons (Fsp3) is 0.304. The van der Waals surface area contributed by atoms with Crippen LogP contribution in [0.2, 0.25) is 0 Å². The first-order valence-corrected chi connectivity index (χ1v) is 9.83. The van der Waals surface area contributed by atoms with Gasteiger partial charge < -0.3 is 15.2 Å². The van der Waals surface area contributed by atoms with Crippen molar-refractivity contribution < 1.29 is 9.59 Å². The van der Waals surface area contributed by atoms with E-state index in [0.29, 0.717) is 16.8 Å². The lowest BCUT2D eigenvalue weighted by Crippen LogP contribution is -2.36. The van der Waals surface area contributed by atoms with Gasteiger partial charge in [0.25, 0.3) is 11.8 Å². The molecule has 0 unspecified atom stereocenters. The second-order valence-electron chi connectivity index (χ2n) is 7.49. The van der Waals surface area contributed by atoms with Crippen LogP contribution in [0.3, 0.4) is 0 Å². The molecule has 1 aliphatic heterocycles. The third-order valence-electron chi connectivity index (χ3n) is 5.62. The topological polar surface area (TPSA) is 65.2 Å². The van der Waals surface area contributed by atoms with E-state index >= 15 is 0 Å². The van der Waals surface area contributed by atoms with Crippen LogP contribution >= 0.6 is 0 Å². The smallest absolute Gasteiger partial charge is 0.255 e. The van der Waals surface area contributed by atoms with Crippen LogP contribution in [0.5, 0.6) is 0 Å². The molecule has 3 aromatic rings. The molecular formula is C23H25N3O2. The molecule has 144 valence electrons. The van der Waals surface area contributed by atoms with Crippen LogP contribution in [0.4, 0.5) is 5.69 Å². The molecule has 2 amide bonds. The lowest BCUT2D eigenvalue weighted by molar-refractivity contribution is 0.0725. The molecule has 2 N–H and O–H groups in total. The molecule has 0 spiro atoms. The zero-order chi connectivity index (χ0) is 19.7. The molecule has 28 heavy (non-hydrogen) atoms. The highest BCUT2D eigenvalue weighted by molar-refractivity contribution is 6.10. The fourth-order valence-corrected chi connectivity index (χ4v) is 3.84. The Bertz CT molecular complexity index is 1050. The highest BCUT2D eigenvalue weighted by atomic mass is 16.2. The van der Waals surface area contributed by atoms with E-state index in [-0.39, 0.29) is 11.8 Å². The monoisotopic (exact) mass is 375 g/mol. The summed E-state index contributed by atoms with van der Waals surface area (Å²) in [4.78, 5) is 31.0. The number of aromatic nitrogens is 1. The number of hydrogen-bond acceptors (Lipinski definition) is 2. The number of nitrogens with one attached hydrogen (secondary N) is 2. The van der Waals surface area contributed by atoms with E-state index in [2.05, 4.69) is 10.3 Å². The number of H-pyrrole nitrogens is 1. The highest BCUT2D eigenvalue weighted by Crippen LogP contribution is 2.24. The Hall–Kier alpha value is -3.08. The Balaban J connectivity index is 1.60. The average molecular weight is 375 g/mol. The first-order chi connectivity index (χ1) is 13.5. The van der Waals surface area contributed by atoms with Crippen molar-refractivity contribution in [2.75, 3.05) is 18.4 Å². The van der Waals surface area contributed by atoms with E-state index in [1.54, 1.807) is 12.1 Å². The number of piperidine rings is 1. The van der Waals surface area contributed by atoms with Crippen molar-refractivity contribution >= 4 is 28.4 Å². The number of rotatable bonds is 3. The standard InChI is InChI=1S/C23H25N3O2/c1-15-16(2)24-21-11-10-17(14-19(15)21)22(27)25-20-9-5-4-8-18(20)23(28)26-12-6-3-7-13-26/h4-5,8-11,14,24H,3,6-7,12-13H2,1-2H3,(H,25,27). The van der Waals surface area contributed by atoms with Gasteiger partial charge in [-0.05, 0) is 69.0 Å². The van der Waals surface area contributed by atoms with E-state index in [1.165, 1.54) is 6.42 Å². The van der Waals surface area contributed by atoms with Crippen LogP contribution in [0.25, 0.3) is 10.9 Å². The number of amides is 2. The number of carbonyl (C=O) groups is 2. The summed E-state index contributed by atoms with van der Waals surface area (Å²) in [5.74, 6) is -0.220. The minimum absolute atomic E-state index is 0.0110. The number of nitrogens with zero attached hydrogens (tertiary/aromatic N) is 1. The van der Waals surface area contributed by atoms with E-state index in [9.17, 15) is 9.59 Å². The van der Waals surface area contributed by atoms with Crippen LogP contribution in [-0.2, 0) is 0 Å². The SMILES string of the molecule is Cc1[nH]c2ccc(C(=O)Nc3ccccc3C(=O)N3CCCCC3)cc2c1C. The number of benzene rings is 2. The molecule has 5 nitrogen and oxygen atoms in total. The Morgan fingerprint density at radius 3 is 2.54 bits per heavy atom. The maximum Gasteiger partial charge on any atom is 0.255 e. The molecule has 5 heteroatoms. The minimum Gasteiger partial charge on any atom is -0.358 e. The third-order valence-corrected chi connectivity index (χ3v) is 5.62. The third kappa shape index (κ3) is 3.40. The van der Waals surface area contributed by atoms with Gasteiger partial charge in [-0.15, -0.1) is 0 Å². The van der Waals surface area contributed by atoms with Gasteiger partial charge in [0.2, 0.25) is 0 Å². The molecular weight excluding hydrogens is 350 g/mol. The number of para-hydroxylation sites is 1. The van der Waals surface area contributed by atoms with E-state index in [0.717, 1.165) is 48.1 Å². The largest absolute Gasteiger partial charge is 0.358 e. The number of carbonyl (C=O) groups excluding carboxylic acids is 2. The van der Waals surface area contributed by atoms with Crippen LogP contribution in [0.1, 0.15) is 51.2 Å². The number of anilines is 1. The fourth-order valence-electron chi connectivity index (χ4n) is 3.84. The Labute approximate surface area is 164 Å². The van der Waals surface area contributed by atoms with Crippen LogP contribution in [0, 0.1) is 13.8 Å². The summed E-state index contributed by atoms with van der Waals surface area (Å²) >= 11 is 0. The van der Waals surface area contributed by atoms with Gasteiger partial charge in [0.1, 0.15) is 0 Å². The first-order valence-electron chi connectivity index (χ1n) is 9.83. The van der Waals surface area contributed by atoms with Crippen LogP contribution < -0.4 is 5.32 Å². The molecule has 2 heterocycles. The summed E-state index contributed by atoms with van der Waals surface area (Å²) in [6, 6.07) is 12.9. The van der Waals surface area contributed by atoms with Gasteiger partial charge in [-0.2, -0.15) is 0 Å². The number of likely N-dealkylation sites (tertiary alicyclic amines) is 1. The quantitative estimate of drug-likeness (QED) is 0.699. The minimum atomic E-state index is -0.209. The number of aromatic amines is 1. The lowest BCUT2D eigenvalue weighted by Gasteiger charge is -2.27. The lowest BCUT2D eigenvalue weighted by atomic mass is 10.1. The number of fused-ring (bicyclic) bond motifs is 1. The predicted molar refractivity (Wildman–Crippen MR) is 112 cm³/mol. The van der Waals surface area contributed by atoms with Crippen molar-refractivity contribution in [3.05, 3.63) is 64.8 Å². The van der Waals surface area contributed by atoms with Gasteiger partial charge in [0.15, 0.2) is 0 Å². The molecule has 1 aromatic heterocycles. The number of aryl methyl sites for hydroxylation is 2. The Morgan fingerprint density at radius 2 is 1.75 bits per heavy atom. The highest BCUT2D eigenvalue weighted by Gasteiger charge is 2.21. The van der Waals surface area contributed by atoms with E-state index in [1.807, 2.05) is 49.1 Å². The normalized spacial score (nSPS) is 14.3. The predicted octanol–water partition coefficient (Wildman–Crippen LogP) is 4.66. The van der Waals surface area contributed by atoms with Gasteiger partial charge in [0.05, 0.1) is 11.3 Å². The summed E-state index contributed by atoms with van der Waals surface area (Å²) in [6.07, 6.45) is 3.24. The summed E-state index contributed by atoms with van der Waals surface area (Å²) in [5, 5.41) is 3.99. The van der Waals surface area contributed by atoms with Crippen LogP contribution in [0.15, 0.2) is 42.5 Å². The van der Waals surface area contributed by atoms with E-state index in [4.69, 9.17) is 0 Å². The van der Waals surface area contributed by atoms with Gasteiger partial charge >= 0.3 is 0 Å². The van der Waals surface area contributed by atoms with Crippen molar-refractivity contribution in [3.8, 4) is 0 Å². The van der Waals surface area contributed by atoms with Gasteiger partial charge in [-0.1, -0.05) is 12.1 Å². The van der Waals surface area contributed by atoms with Gasteiger partial charge in [-0.3, -0.25) is 9.59 Å². The maximum absolute atomic E-state index is 12.9. The van der Waals surface area contributed by atoms with Crippen molar-refractivity contribution in [2.24, 2.45) is 0 Å². The average Bonchev–Trinajstić information content (AvgIpc) is 3.02. The molecule has 0 radical (unpaired) electrons. The molecule has 0 aliphatic carbocycles. The van der Waals surface area contributed by atoms with E-state index < -0.39 is 0 Å². The molecule has 1 saturated heterocycles. The van der Waals surface area contributed by atoms with Crippen LogP contribution in [-0.4, -0.2) is 34.8 Å². The molecule has 1 fully saturated rings. The second-order valence-corrected chi connectivity index (χ2v) is 7.49. The van der Waals surface area contributed by atoms with Gasteiger partial charge in [-0.25, -0.2) is 0 Å². The molecule has 4 rings (SSSR count). The maximum atomic E-state index is 12.9. The summed E-state index contributed by atoms with van der Waals surface area (Å²) in [5.41, 5.74) is 4.95.